The molecule has 0 aromatic carbocycles. The molecule has 0 aliphatic carbocycles. The van der Waals surface area contributed by atoms with E-state index in [9.17, 15) is 13.2 Å². The van der Waals surface area contributed by atoms with Crippen molar-refractivity contribution >= 4 is 16.0 Å². The fraction of sp³-hybridized carbons (Fsp3) is 0.231. The smallest absolute Gasteiger partial charge is 0.352 e. The van der Waals surface area contributed by atoms with Gasteiger partial charge in [0, 0.05) is 32.2 Å². The summed E-state index contributed by atoms with van der Waals surface area (Å²) in [5, 5.41) is 8.93. The summed E-state index contributed by atoms with van der Waals surface area (Å²) in [7, 11) is -2.23. The number of carbonyl (C=O) groups is 1. The van der Waals surface area contributed by atoms with Gasteiger partial charge in [-0.1, -0.05) is 0 Å². The summed E-state index contributed by atoms with van der Waals surface area (Å²) in [6.45, 7) is 0.226. The molecule has 0 unspecified atom stereocenters. The highest BCUT2D eigenvalue weighted by molar-refractivity contribution is 7.89. The summed E-state index contributed by atoms with van der Waals surface area (Å²) < 4.78 is 27.9. The number of pyridine rings is 1. The van der Waals surface area contributed by atoms with Gasteiger partial charge in [-0.25, -0.2) is 17.9 Å². The number of rotatable bonds is 6. The maximum absolute atomic E-state index is 12.1. The molecule has 0 aliphatic rings. The fourth-order valence-corrected chi connectivity index (χ4v) is 2.96. The molecule has 0 spiro atoms. The number of nitrogens with zero attached hydrogens (tertiary/aromatic N) is 2. The molecule has 2 aromatic rings. The number of hydrogen-bond donors (Lipinski definition) is 2. The zero-order valence-corrected chi connectivity index (χ0v) is 12.2. The van der Waals surface area contributed by atoms with Crippen LogP contribution in [0.15, 0.2) is 41.7 Å². The molecule has 0 saturated carbocycles. The first kappa shape index (κ1) is 15.2. The van der Waals surface area contributed by atoms with Crippen LogP contribution < -0.4 is 4.72 Å². The van der Waals surface area contributed by atoms with E-state index in [4.69, 9.17) is 5.11 Å². The van der Waals surface area contributed by atoms with Crippen molar-refractivity contribution in [2.24, 2.45) is 7.05 Å². The van der Waals surface area contributed by atoms with Gasteiger partial charge in [0.2, 0.25) is 10.0 Å². The number of carboxylic acid groups (broad SMARTS) is 1. The standard InChI is InChI=1S/C13H15N3O4S/c1-16-9-11(8-12(16)13(17)18)21(19,20)15-7-4-10-2-5-14-6-3-10/h2-3,5-6,8-9,15H,4,7H2,1H3,(H,17,18). The van der Waals surface area contributed by atoms with E-state index in [0.717, 1.165) is 11.6 Å². The van der Waals surface area contributed by atoms with Crippen LogP contribution in [0.4, 0.5) is 0 Å². The van der Waals surface area contributed by atoms with Crippen LogP contribution in [0.5, 0.6) is 0 Å². The monoisotopic (exact) mass is 309 g/mol. The lowest BCUT2D eigenvalue weighted by molar-refractivity contribution is 0.0686. The molecule has 112 valence electrons. The third-order valence-corrected chi connectivity index (χ3v) is 4.39. The van der Waals surface area contributed by atoms with Crippen molar-refractivity contribution in [3.8, 4) is 0 Å². The third-order valence-electron chi connectivity index (χ3n) is 2.96. The minimum atomic E-state index is -3.72. The second-order valence-corrected chi connectivity index (χ2v) is 6.25. The van der Waals surface area contributed by atoms with Gasteiger partial charge in [0.05, 0.1) is 0 Å². The molecule has 0 bridgehead atoms. The molecule has 21 heavy (non-hydrogen) atoms. The number of aromatic nitrogens is 2. The Morgan fingerprint density at radius 1 is 1.38 bits per heavy atom. The molecule has 2 rings (SSSR count). The van der Waals surface area contributed by atoms with Crippen molar-refractivity contribution in [1.82, 2.24) is 14.3 Å². The number of sulfonamides is 1. The Kier molecular flexibility index (Phi) is 4.39. The van der Waals surface area contributed by atoms with E-state index in [1.165, 1.54) is 17.8 Å². The molecule has 2 heterocycles. The molecular weight excluding hydrogens is 294 g/mol. The quantitative estimate of drug-likeness (QED) is 0.815. The van der Waals surface area contributed by atoms with E-state index in [0.29, 0.717) is 6.42 Å². The zero-order chi connectivity index (χ0) is 15.5. The summed E-state index contributed by atoms with van der Waals surface area (Å²) in [6.07, 6.45) is 5.08. The molecule has 0 atom stereocenters. The molecule has 0 amide bonds. The molecule has 0 saturated heterocycles. The molecule has 7 nitrogen and oxygen atoms in total. The third kappa shape index (κ3) is 3.67. The van der Waals surface area contributed by atoms with E-state index in [-0.39, 0.29) is 17.1 Å². The normalized spacial score (nSPS) is 11.5. The Hall–Kier alpha value is -2.19. The minimum absolute atomic E-state index is 0.0582. The molecular formula is C13H15N3O4S. The molecule has 8 heteroatoms. The number of aromatic carboxylic acids is 1. The van der Waals surface area contributed by atoms with Crippen LogP contribution in [0.25, 0.3) is 0 Å². The van der Waals surface area contributed by atoms with Crippen LogP contribution in [-0.4, -0.2) is 35.6 Å². The number of hydrogen-bond acceptors (Lipinski definition) is 4. The van der Waals surface area contributed by atoms with Gasteiger partial charge in [0.15, 0.2) is 0 Å². The summed E-state index contributed by atoms with van der Waals surface area (Å²) in [6, 6.07) is 4.75. The molecule has 2 aromatic heterocycles. The highest BCUT2D eigenvalue weighted by atomic mass is 32.2. The predicted octanol–water partition coefficient (Wildman–Crippen LogP) is 0.639. The minimum Gasteiger partial charge on any atom is -0.477 e. The first-order chi connectivity index (χ1) is 9.90. The van der Waals surface area contributed by atoms with Crippen LogP contribution in [-0.2, 0) is 23.5 Å². The lowest BCUT2D eigenvalue weighted by atomic mass is 10.2. The predicted molar refractivity (Wildman–Crippen MR) is 75.5 cm³/mol. The van der Waals surface area contributed by atoms with Crippen molar-refractivity contribution in [2.75, 3.05) is 6.54 Å². The largest absolute Gasteiger partial charge is 0.477 e. The second-order valence-electron chi connectivity index (χ2n) is 4.48. The SMILES string of the molecule is Cn1cc(S(=O)(=O)NCCc2ccncc2)cc1C(=O)O. The maximum atomic E-state index is 12.1. The van der Waals surface area contributed by atoms with Crippen molar-refractivity contribution in [3.05, 3.63) is 48.0 Å². The van der Waals surface area contributed by atoms with E-state index in [2.05, 4.69) is 9.71 Å². The first-order valence-electron chi connectivity index (χ1n) is 6.18. The molecule has 0 fully saturated rings. The first-order valence-corrected chi connectivity index (χ1v) is 7.67. The van der Waals surface area contributed by atoms with E-state index in [1.54, 1.807) is 24.5 Å². The molecule has 2 N–H and O–H groups in total. The van der Waals surface area contributed by atoms with Crippen molar-refractivity contribution in [1.29, 1.82) is 0 Å². The van der Waals surface area contributed by atoms with E-state index in [1.807, 2.05) is 0 Å². The number of nitrogens with one attached hydrogen (secondary N) is 1. The Balaban J connectivity index is 2.05. The Bertz CT molecular complexity index is 738. The molecule has 0 radical (unpaired) electrons. The lowest BCUT2D eigenvalue weighted by Crippen LogP contribution is -2.25. The topological polar surface area (TPSA) is 101 Å². The van der Waals surface area contributed by atoms with Gasteiger partial charge in [-0.15, -0.1) is 0 Å². The summed E-state index contributed by atoms with van der Waals surface area (Å²) in [5.74, 6) is -1.17. The van der Waals surface area contributed by atoms with Crippen LogP contribution >= 0.6 is 0 Å². The van der Waals surface area contributed by atoms with Gasteiger partial charge in [0.25, 0.3) is 0 Å². The van der Waals surface area contributed by atoms with Crippen molar-refractivity contribution in [3.63, 3.8) is 0 Å². The van der Waals surface area contributed by atoms with Crippen LogP contribution in [0.3, 0.4) is 0 Å². The van der Waals surface area contributed by atoms with Gasteiger partial charge in [-0.2, -0.15) is 0 Å². The Labute approximate surface area is 122 Å². The van der Waals surface area contributed by atoms with Crippen molar-refractivity contribution < 1.29 is 18.3 Å². The number of carboxylic acids is 1. The van der Waals surface area contributed by atoms with Crippen LogP contribution in [0.1, 0.15) is 16.1 Å². The fourth-order valence-electron chi connectivity index (χ4n) is 1.86. The highest BCUT2D eigenvalue weighted by Crippen LogP contribution is 2.13. The Morgan fingerprint density at radius 3 is 2.62 bits per heavy atom. The zero-order valence-electron chi connectivity index (χ0n) is 11.4. The second kappa shape index (κ2) is 6.06. The average Bonchev–Trinajstić information content (AvgIpc) is 2.83. The summed E-state index contributed by atoms with van der Waals surface area (Å²) in [4.78, 5) is 14.7. The van der Waals surface area contributed by atoms with Gasteiger partial charge in [-0.3, -0.25) is 4.98 Å². The maximum Gasteiger partial charge on any atom is 0.352 e. The van der Waals surface area contributed by atoms with E-state index < -0.39 is 16.0 Å². The number of aryl methyl sites for hydroxylation is 1. The van der Waals surface area contributed by atoms with Gasteiger partial charge in [0.1, 0.15) is 10.6 Å². The van der Waals surface area contributed by atoms with Crippen molar-refractivity contribution in [2.45, 2.75) is 11.3 Å². The summed E-state index contributed by atoms with van der Waals surface area (Å²) >= 11 is 0. The average molecular weight is 309 g/mol. The van der Waals surface area contributed by atoms with Gasteiger partial charge < -0.3 is 9.67 Å². The van der Waals surface area contributed by atoms with Crippen LogP contribution in [0, 0.1) is 0 Å². The highest BCUT2D eigenvalue weighted by Gasteiger charge is 2.19. The van der Waals surface area contributed by atoms with E-state index >= 15 is 0 Å². The summed E-state index contributed by atoms with van der Waals surface area (Å²) in [5.41, 5.74) is 0.886. The van der Waals surface area contributed by atoms with Gasteiger partial charge in [-0.05, 0) is 30.2 Å². The molecule has 0 aliphatic heterocycles. The van der Waals surface area contributed by atoms with Gasteiger partial charge >= 0.3 is 5.97 Å². The lowest BCUT2D eigenvalue weighted by Gasteiger charge is -2.04. The Morgan fingerprint density at radius 2 is 2.05 bits per heavy atom. The van der Waals surface area contributed by atoms with Crippen LogP contribution in [0.2, 0.25) is 0 Å².